The van der Waals surface area contributed by atoms with Gasteiger partial charge in [0.15, 0.2) is 0 Å². The second-order valence-corrected chi connectivity index (χ2v) is 5.79. The van der Waals surface area contributed by atoms with Gasteiger partial charge in [-0.3, -0.25) is 0 Å². The van der Waals surface area contributed by atoms with E-state index in [2.05, 4.69) is 10.3 Å². The molecule has 6 nitrogen and oxygen atoms in total. The van der Waals surface area contributed by atoms with Gasteiger partial charge >= 0.3 is 5.97 Å². The molecule has 5 rings (SSSR count). The number of furan rings is 1. The Morgan fingerprint density at radius 1 is 1.00 bits per heavy atom. The van der Waals surface area contributed by atoms with Crippen LogP contribution in [0.4, 0.5) is 0 Å². The molecule has 0 spiro atoms. The maximum atomic E-state index is 11.1. The third-order valence-electron chi connectivity index (χ3n) is 4.29. The van der Waals surface area contributed by atoms with Crippen molar-refractivity contribution >= 4 is 38.7 Å². The molecule has 0 saturated heterocycles. The van der Waals surface area contributed by atoms with E-state index < -0.39 is 5.97 Å². The SMILES string of the molecule is O=C(O)c1cc2ccc(-n3nnc4ccc5ccccc5c43)cc2o1. The fourth-order valence-corrected chi connectivity index (χ4v) is 3.12. The van der Waals surface area contributed by atoms with Gasteiger partial charge in [-0.1, -0.05) is 35.5 Å². The molecule has 2 heterocycles. The minimum Gasteiger partial charge on any atom is -0.475 e. The minimum absolute atomic E-state index is 0.0824. The van der Waals surface area contributed by atoms with E-state index in [0.717, 1.165) is 32.9 Å². The number of carboxylic acid groups (broad SMARTS) is 1. The summed E-state index contributed by atoms with van der Waals surface area (Å²) in [6, 6.07) is 19.0. The average molecular weight is 329 g/mol. The third-order valence-corrected chi connectivity index (χ3v) is 4.29. The normalized spacial score (nSPS) is 11.5. The van der Waals surface area contributed by atoms with Crippen molar-refractivity contribution < 1.29 is 14.3 Å². The molecular formula is C19H11N3O3. The van der Waals surface area contributed by atoms with Crippen molar-refractivity contribution in [2.24, 2.45) is 0 Å². The molecule has 2 aromatic heterocycles. The van der Waals surface area contributed by atoms with Crippen LogP contribution in [0.5, 0.6) is 0 Å². The highest BCUT2D eigenvalue weighted by Crippen LogP contribution is 2.28. The van der Waals surface area contributed by atoms with E-state index in [0.29, 0.717) is 5.58 Å². The van der Waals surface area contributed by atoms with Gasteiger partial charge in [-0.25, -0.2) is 9.48 Å². The van der Waals surface area contributed by atoms with Crippen molar-refractivity contribution in [3.8, 4) is 5.69 Å². The molecule has 0 radical (unpaired) electrons. The molecule has 0 fully saturated rings. The Labute approximate surface area is 140 Å². The second kappa shape index (κ2) is 4.91. The summed E-state index contributed by atoms with van der Waals surface area (Å²) in [7, 11) is 0. The minimum atomic E-state index is -1.09. The van der Waals surface area contributed by atoms with Gasteiger partial charge in [0.25, 0.3) is 0 Å². The van der Waals surface area contributed by atoms with Crippen LogP contribution in [0.3, 0.4) is 0 Å². The zero-order valence-electron chi connectivity index (χ0n) is 12.9. The van der Waals surface area contributed by atoms with Crippen molar-refractivity contribution in [1.82, 2.24) is 15.0 Å². The third kappa shape index (κ3) is 2.01. The standard InChI is InChI=1S/C19H11N3O3/c23-19(24)17-9-12-5-7-13(10-16(12)25-17)22-18-14-4-2-1-3-11(14)6-8-15(18)20-21-22/h1-10H,(H,23,24). The number of nitrogens with zero attached hydrogens (tertiary/aromatic N) is 3. The number of carboxylic acids is 1. The van der Waals surface area contributed by atoms with E-state index in [-0.39, 0.29) is 5.76 Å². The zero-order chi connectivity index (χ0) is 17.0. The summed E-state index contributed by atoms with van der Waals surface area (Å²) >= 11 is 0. The lowest BCUT2D eigenvalue weighted by atomic mass is 10.1. The van der Waals surface area contributed by atoms with Gasteiger partial charge in [-0.2, -0.15) is 0 Å². The monoisotopic (exact) mass is 329 g/mol. The van der Waals surface area contributed by atoms with Crippen LogP contribution < -0.4 is 0 Å². The summed E-state index contributed by atoms with van der Waals surface area (Å²) in [6.07, 6.45) is 0. The lowest BCUT2D eigenvalue weighted by molar-refractivity contribution is 0.0665. The highest BCUT2D eigenvalue weighted by molar-refractivity contribution is 6.04. The molecule has 6 heteroatoms. The molecule has 0 atom stereocenters. The number of rotatable bonds is 2. The Morgan fingerprint density at radius 2 is 1.84 bits per heavy atom. The summed E-state index contributed by atoms with van der Waals surface area (Å²) in [5, 5.41) is 20.5. The molecule has 120 valence electrons. The summed E-state index contributed by atoms with van der Waals surface area (Å²) in [5.74, 6) is -1.17. The number of hydrogen-bond donors (Lipinski definition) is 1. The molecule has 3 aromatic carbocycles. The second-order valence-electron chi connectivity index (χ2n) is 5.79. The number of aromatic nitrogens is 3. The summed E-state index contributed by atoms with van der Waals surface area (Å²) < 4.78 is 7.16. The maximum Gasteiger partial charge on any atom is 0.371 e. The van der Waals surface area contributed by atoms with E-state index in [1.807, 2.05) is 48.5 Å². The van der Waals surface area contributed by atoms with Gasteiger partial charge in [-0.05, 0) is 29.7 Å². The molecular weight excluding hydrogens is 318 g/mol. The number of fused-ring (bicyclic) bond motifs is 4. The van der Waals surface area contributed by atoms with Gasteiger partial charge in [0.05, 0.1) is 5.69 Å². The topological polar surface area (TPSA) is 81.1 Å². The van der Waals surface area contributed by atoms with Crippen molar-refractivity contribution in [3.05, 3.63) is 66.4 Å². The van der Waals surface area contributed by atoms with E-state index in [9.17, 15) is 4.79 Å². The smallest absolute Gasteiger partial charge is 0.371 e. The van der Waals surface area contributed by atoms with Crippen molar-refractivity contribution in [2.45, 2.75) is 0 Å². The van der Waals surface area contributed by atoms with Crippen molar-refractivity contribution in [2.75, 3.05) is 0 Å². The van der Waals surface area contributed by atoms with Gasteiger partial charge in [0, 0.05) is 16.8 Å². The molecule has 0 saturated carbocycles. The van der Waals surface area contributed by atoms with Gasteiger partial charge in [-0.15, -0.1) is 5.10 Å². The Bertz CT molecular complexity index is 1280. The zero-order valence-corrected chi connectivity index (χ0v) is 12.9. The fraction of sp³-hybridized carbons (Fsp3) is 0. The van der Waals surface area contributed by atoms with Crippen LogP contribution in [0.1, 0.15) is 10.6 Å². The average Bonchev–Trinajstić information content (AvgIpc) is 3.25. The first-order valence-corrected chi connectivity index (χ1v) is 7.71. The van der Waals surface area contributed by atoms with Gasteiger partial charge in [0.2, 0.25) is 5.76 Å². The number of benzene rings is 3. The van der Waals surface area contributed by atoms with E-state index in [1.165, 1.54) is 6.07 Å². The van der Waals surface area contributed by atoms with Crippen LogP contribution in [0.25, 0.3) is 38.5 Å². The van der Waals surface area contributed by atoms with E-state index >= 15 is 0 Å². The van der Waals surface area contributed by atoms with Crippen LogP contribution in [0.2, 0.25) is 0 Å². The molecule has 0 unspecified atom stereocenters. The lowest BCUT2D eigenvalue weighted by Crippen LogP contribution is -1.96. The van der Waals surface area contributed by atoms with Crippen LogP contribution in [0, 0.1) is 0 Å². The molecule has 25 heavy (non-hydrogen) atoms. The first-order valence-electron chi connectivity index (χ1n) is 7.71. The summed E-state index contributed by atoms with van der Waals surface area (Å²) in [5.41, 5.74) is 2.96. The van der Waals surface area contributed by atoms with Crippen LogP contribution >= 0.6 is 0 Å². The Hall–Kier alpha value is -3.67. The molecule has 0 aliphatic heterocycles. The number of aromatic carboxylic acids is 1. The highest BCUT2D eigenvalue weighted by Gasteiger charge is 2.14. The Kier molecular flexibility index (Phi) is 2.70. The van der Waals surface area contributed by atoms with Crippen molar-refractivity contribution in [3.63, 3.8) is 0 Å². The predicted molar refractivity (Wildman–Crippen MR) is 93.1 cm³/mol. The number of carbonyl (C=O) groups is 1. The van der Waals surface area contributed by atoms with Crippen molar-refractivity contribution in [1.29, 1.82) is 0 Å². The quantitative estimate of drug-likeness (QED) is 0.529. The largest absolute Gasteiger partial charge is 0.475 e. The lowest BCUT2D eigenvalue weighted by Gasteiger charge is -2.05. The van der Waals surface area contributed by atoms with Gasteiger partial charge < -0.3 is 9.52 Å². The van der Waals surface area contributed by atoms with Crippen LogP contribution in [-0.4, -0.2) is 26.1 Å². The van der Waals surface area contributed by atoms with E-state index in [4.69, 9.17) is 9.52 Å². The van der Waals surface area contributed by atoms with E-state index in [1.54, 1.807) is 10.7 Å². The molecule has 0 aliphatic carbocycles. The Balaban J connectivity index is 1.79. The molecule has 1 N–H and O–H groups in total. The van der Waals surface area contributed by atoms with Gasteiger partial charge in [0.1, 0.15) is 16.6 Å². The summed E-state index contributed by atoms with van der Waals surface area (Å²) in [4.78, 5) is 11.1. The molecule has 0 amide bonds. The maximum absolute atomic E-state index is 11.1. The van der Waals surface area contributed by atoms with Crippen LogP contribution in [-0.2, 0) is 0 Å². The first-order chi connectivity index (χ1) is 12.2. The highest BCUT2D eigenvalue weighted by atomic mass is 16.4. The molecule has 5 aromatic rings. The Morgan fingerprint density at radius 3 is 2.72 bits per heavy atom. The first kappa shape index (κ1) is 13.7. The molecule has 0 aliphatic rings. The predicted octanol–water partition coefficient (Wildman–Crippen LogP) is 4.02. The summed E-state index contributed by atoms with van der Waals surface area (Å²) in [6.45, 7) is 0. The fourth-order valence-electron chi connectivity index (χ4n) is 3.12. The number of hydrogen-bond acceptors (Lipinski definition) is 4. The van der Waals surface area contributed by atoms with Crippen LogP contribution in [0.15, 0.2) is 65.1 Å². The molecule has 0 bridgehead atoms.